The van der Waals surface area contributed by atoms with Crippen molar-refractivity contribution in [2.24, 2.45) is 4.99 Å². The number of alkyl carbamates (subject to hydrolysis) is 1. The summed E-state index contributed by atoms with van der Waals surface area (Å²) in [6.07, 6.45) is 7.66. The van der Waals surface area contributed by atoms with Gasteiger partial charge in [0.2, 0.25) is 5.91 Å². The molecule has 2 saturated heterocycles. The van der Waals surface area contributed by atoms with Crippen LogP contribution < -0.4 is 20.7 Å². The van der Waals surface area contributed by atoms with Crippen molar-refractivity contribution in [1.82, 2.24) is 10.2 Å². The predicted octanol–water partition coefficient (Wildman–Crippen LogP) is 5.99. The summed E-state index contributed by atoms with van der Waals surface area (Å²) in [4.78, 5) is 61.3. The van der Waals surface area contributed by atoms with Crippen molar-refractivity contribution in [2.45, 2.75) is 75.6 Å². The average Bonchev–Trinajstić information content (AvgIpc) is 3.83. The van der Waals surface area contributed by atoms with Gasteiger partial charge in [0, 0.05) is 51.5 Å². The molecule has 3 amide bonds. The number of nitrogens with zero attached hydrogens (tertiary/aromatic N) is 3. The molecule has 3 N–H and O–H groups in total. The van der Waals surface area contributed by atoms with Gasteiger partial charge in [-0.05, 0) is 50.1 Å². The van der Waals surface area contributed by atoms with Gasteiger partial charge in [0.05, 0.1) is 48.7 Å². The highest BCUT2D eigenvalue weighted by atomic mass is 35.5. The van der Waals surface area contributed by atoms with E-state index < -0.39 is 66.5 Å². The Morgan fingerprint density at radius 1 is 1.21 bits per heavy atom. The van der Waals surface area contributed by atoms with Gasteiger partial charge in [-0.25, -0.2) is 4.79 Å². The van der Waals surface area contributed by atoms with Gasteiger partial charge in [-0.3, -0.25) is 19.4 Å². The summed E-state index contributed by atoms with van der Waals surface area (Å²) in [6.45, 7) is 10.7. The van der Waals surface area contributed by atoms with Gasteiger partial charge < -0.3 is 44.5 Å². The van der Waals surface area contributed by atoms with Crippen LogP contribution in [0.2, 0.25) is 5.02 Å². The molecule has 1 unspecified atom stereocenters. The quantitative estimate of drug-likeness (QED) is 0.133. The van der Waals surface area contributed by atoms with Gasteiger partial charge >= 0.3 is 12.1 Å². The maximum atomic E-state index is 14.1. The van der Waals surface area contributed by atoms with Crippen molar-refractivity contribution in [2.75, 3.05) is 45.5 Å². The lowest BCUT2D eigenvalue weighted by Crippen LogP contribution is -2.51. The number of anilines is 2. The SMILES string of the molecule is C=C/C=N\c1c(C(=O)N(C)CC(=O)O[C@H]2CC(=O)N(C)c3cc(cc(OC)c3Cl)C/C(C)=C/C=C/[C@@H](OC)C3C[C@@H](C[C@@H]4O[C@@]24C)OC(=O)N3)ccc(N)c1C=C. The maximum absolute atomic E-state index is 14.1. The molecule has 57 heavy (non-hydrogen) atoms. The summed E-state index contributed by atoms with van der Waals surface area (Å²) in [7, 11) is 6.09. The number of carbonyl (C=O) groups excluding carboxylic acids is 4. The Hall–Kier alpha value is -5.44. The Kier molecular flexibility index (Phi) is 13.6. The molecular weight excluding hydrogens is 754 g/mol. The normalized spacial score (nSPS) is 26.5. The number of methoxy groups -OCH3 is 2. The van der Waals surface area contributed by atoms with Crippen molar-refractivity contribution in [3.05, 3.63) is 89.0 Å². The van der Waals surface area contributed by atoms with Gasteiger partial charge in [0.1, 0.15) is 35.1 Å². The zero-order valence-electron chi connectivity index (χ0n) is 33.1. The zero-order chi connectivity index (χ0) is 41.6. The molecule has 2 fully saturated rings. The Morgan fingerprint density at radius 2 is 1.96 bits per heavy atom. The molecule has 2 aromatic carbocycles. The number of hydrogen-bond donors (Lipinski definition) is 2. The maximum Gasteiger partial charge on any atom is 0.407 e. The van der Waals surface area contributed by atoms with Crippen LogP contribution in [0.3, 0.4) is 0 Å². The summed E-state index contributed by atoms with van der Waals surface area (Å²) in [6, 6.07) is 6.30. The summed E-state index contributed by atoms with van der Waals surface area (Å²) >= 11 is 6.77. The highest BCUT2D eigenvalue weighted by molar-refractivity contribution is 6.35. The standard InChI is InChI=1S/C42H50ClN5O9/c1-9-16-45-39-27(10-2)29(44)15-14-28(39)40(51)47(5)23-37(50)56-34-22-36(49)48(6)31-18-25(19-33(54-8)38(31)43)17-24(3)12-11-13-32(53-7)30-20-26(55-41(52)46-30)21-35-42(34,4)57-35/h9-16,18-19,26,30,32,34-35H,1-2,17,20-23,44H2,3-8H3,(H,46,52)/b13-11+,24-12+,45-16-/t26-,30?,32+,34-,35-,42-/m0/s1. The fourth-order valence-electron chi connectivity index (χ4n) is 7.12. The molecule has 0 aromatic heterocycles. The van der Waals surface area contributed by atoms with E-state index in [1.54, 1.807) is 27.1 Å². The van der Waals surface area contributed by atoms with Crippen molar-refractivity contribution in [3.8, 4) is 5.75 Å². The Balaban J connectivity index is 1.46. The Labute approximate surface area is 337 Å². The van der Waals surface area contributed by atoms with Crippen molar-refractivity contribution < 1.29 is 42.9 Å². The number of carbonyl (C=O) groups is 4. The number of benzene rings is 2. The molecule has 0 aliphatic carbocycles. The van der Waals surface area contributed by atoms with Crippen LogP contribution in [0, 0.1) is 0 Å². The van der Waals surface area contributed by atoms with Crippen LogP contribution >= 0.6 is 11.6 Å². The molecular formula is C42H50ClN5O9. The van der Waals surface area contributed by atoms with E-state index in [0.29, 0.717) is 35.5 Å². The van der Waals surface area contributed by atoms with Gasteiger partial charge in [-0.2, -0.15) is 0 Å². The number of hydrogen-bond acceptors (Lipinski definition) is 11. The van der Waals surface area contributed by atoms with Crippen LogP contribution in [-0.4, -0.2) is 106 Å². The van der Waals surface area contributed by atoms with E-state index in [9.17, 15) is 19.2 Å². The number of esters is 1. The lowest BCUT2D eigenvalue weighted by atomic mass is 9.91. The first-order valence-electron chi connectivity index (χ1n) is 18.4. The Bertz CT molecular complexity index is 2010. The summed E-state index contributed by atoms with van der Waals surface area (Å²) in [5.41, 5.74) is 8.46. The first-order valence-corrected chi connectivity index (χ1v) is 18.8. The number of rotatable bonds is 9. The molecule has 3 aliphatic heterocycles. The first kappa shape index (κ1) is 42.7. The summed E-state index contributed by atoms with van der Waals surface area (Å²) in [5.74, 6) is -1.37. The van der Waals surface area contributed by atoms with Crippen molar-refractivity contribution in [1.29, 1.82) is 0 Å². The highest BCUT2D eigenvalue weighted by Gasteiger charge is 2.61. The topological polar surface area (TPSA) is 175 Å². The number of amides is 3. The average molecular weight is 804 g/mol. The molecule has 2 aromatic rings. The number of halogens is 1. The van der Waals surface area contributed by atoms with Crippen LogP contribution in [0.4, 0.5) is 21.9 Å². The van der Waals surface area contributed by atoms with Crippen LogP contribution in [0.15, 0.2) is 72.3 Å². The van der Waals surface area contributed by atoms with Crippen LogP contribution in [-0.2, 0) is 35.0 Å². The van der Waals surface area contributed by atoms with Gasteiger partial charge in [-0.1, -0.05) is 60.7 Å². The molecule has 0 spiro atoms. The fraction of sp³-hybridized carbons (Fsp3) is 0.405. The summed E-state index contributed by atoms with van der Waals surface area (Å²) in [5, 5.41) is 3.09. The molecule has 3 heterocycles. The van der Waals surface area contributed by atoms with Crippen LogP contribution in [0.1, 0.15) is 54.6 Å². The van der Waals surface area contributed by atoms with E-state index in [1.807, 2.05) is 37.3 Å². The number of allylic oxidation sites excluding steroid dienone is 4. The number of nitrogens with two attached hydrogens (primary N) is 1. The third-order valence-electron chi connectivity index (χ3n) is 10.4. The number of ether oxygens (including phenoxy) is 5. The fourth-order valence-corrected chi connectivity index (χ4v) is 7.43. The van der Waals surface area contributed by atoms with Crippen LogP contribution in [0.25, 0.3) is 6.08 Å². The third kappa shape index (κ3) is 9.75. The van der Waals surface area contributed by atoms with E-state index >= 15 is 0 Å². The number of aliphatic imine (C=N–C) groups is 1. The van der Waals surface area contributed by atoms with E-state index in [2.05, 4.69) is 23.5 Å². The predicted molar refractivity (Wildman–Crippen MR) is 219 cm³/mol. The minimum absolute atomic E-state index is 0.176. The van der Waals surface area contributed by atoms with Gasteiger partial charge in [-0.15, -0.1) is 0 Å². The monoisotopic (exact) mass is 803 g/mol. The van der Waals surface area contributed by atoms with Crippen LogP contribution in [0.5, 0.6) is 5.75 Å². The second-order valence-electron chi connectivity index (χ2n) is 14.4. The molecule has 14 nitrogen and oxygen atoms in total. The largest absolute Gasteiger partial charge is 0.495 e. The number of likely N-dealkylation sites (N-methyl/N-ethyl adjacent to an activating group) is 1. The molecule has 0 radical (unpaired) electrons. The number of epoxide rings is 1. The molecule has 3 aliphatic rings. The molecule has 15 heteroatoms. The lowest BCUT2D eigenvalue weighted by molar-refractivity contribution is -0.154. The Morgan fingerprint density at radius 3 is 2.65 bits per heavy atom. The minimum atomic E-state index is -1.16. The first-order chi connectivity index (χ1) is 27.1. The minimum Gasteiger partial charge on any atom is -0.495 e. The smallest absolute Gasteiger partial charge is 0.407 e. The highest BCUT2D eigenvalue weighted by Crippen LogP contribution is 2.46. The van der Waals surface area contributed by atoms with Gasteiger partial charge in [0.25, 0.3) is 5.91 Å². The molecule has 304 valence electrons. The third-order valence-corrected chi connectivity index (χ3v) is 10.8. The van der Waals surface area contributed by atoms with Gasteiger partial charge in [0.15, 0.2) is 0 Å². The molecule has 0 saturated carbocycles. The summed E-state index contributed by atoms with van der Waals surface area (Å²) < 4.78 is 29.3. The van der Waals surface area contributed by atoms with E-state index in [0.717, 1.165) is 11.1 Å². The number of nitrogens with one attached hydrogen (secondary N) is 1. The lowest BCUT2D eigenvalue weighted by Gasteiger charge is -2.33. The molecule has 5 rings (SSSR count). The molecule has 6 atom stereocenters. The van der Waals surface area contributed by atoms with E-state index in [4.69, 9.17) is 41.0 Å². The van der Waals surface area contributed by atoms with Crippen molar-refractivity contribution in [3.63, 3.8) is 0 Å². The number of nitrogen functional groups attached to an aromatic ring is 1. The molecule has 4 bridgehead atoms. The van der Waals surface area contributed by atoms with E-state index in [1.165, 1.54) is 48.4 Å². The van der Waals surface area contributed by atoms with E-state index in [-0.39, 0.29) is 29.1 Å². The van der Waals surface area contributed by atoms with Crippen molar-refractivity contribution >= 4 is 64.8 Å². The number of fused-ring (bicyclic) bond motifs is 5. The second kappa shape index (κ2) is 18.2. The second-order valence-corrected chi connectivity index (χ2v) is 14.8. The zero-order valence-corrected chi connectivity index (χ0v) is 33.8.